The van der Waals surface area contributed by atoms with Crippen LogP contribution in [0.25, 0.3) is 0 Å². The highest BCUT2D eigenvalue weighted by molar-refractivity contribution is 7.89. The van der Waals surface area contributed by atoms with E-state index in [4.69, 9.17) is 10.5 Å². The van der Waals surface area contributed by atoms with Crippen LogP contribution in [0.15, 0.2) is 23.1 Å². The van der Waals surface area contributed by atoms with E-state index >= 15 is 0 Å². The lowest BCUT2D eigenvalue weighted by atomic mass is 10.2. The SMILES string of the molecule is COc1ccc(S(=O)(=O)N2CCN(C)CC2C)c(N)c1. The number of hydrogen-bond acceptors (Lipinski definition) is 5. The molecular formula is C13H21N3O3S. The Morgan fingerprint density at radius 3 is 2.60 bits per heavy atom. The molecule has 1 heterocycles. The van der Waals surface area contributed by atoms with Gasteiger partial charge in [0.25, 0.3) is 0 Å². The molecule has 1 atom stereocenters. The van der Waals surface area contributed by atoms with Crippen LogP contribution >= 0.6 is 0 Å². The lowest BCUT2D eigenvalue weighted by Gasteiger charge is -2.37. The molecular weight excluding hydrogens is 278 g/mol. The summed E-state index contributed by atoms with van der Waals surface area (Å²) in [7, 11) is -0.0566. The zero-order valence-corrected chi connectivity index (χ0v) is 12.9. The number of methoxy groups -OCH3 is 1. The van der Waals surface area contributed by atoms with Gasteiger partial charge >= 0.3 is 0 Å². The molecule has 20 heavy (non-hydrogen) atoms. The number of piperazine rings is 1. The molecule has 1 aromatic rings. The first-order chi connectivity index (χ1) is 9.36. The molecule has 0 saturated carbocycles. The molecule has 0 amide bonds. The fourth-order valence-electron chi connectivity index (χ4n) is 2.49. The molecule has 2 rings (SSSR count). The minimum Gasteiger partial charge on any atom is -0.497 e. The molecule has 1 unspecified atom stereocenters. The van der Waals surface area contributed by atoms with Gasteiger partial charge in [-0.2, -0.15) is 4.31 Å². The molecule has 0 bridgehead atoms. The van der Waals surface area contributed by atoms with Crippen LogP contribution in [0.4, 0.5) is 5.69 Å². The van der Waals surface area contributed by atoms with E-state index in [1.807, 2.05) is 14.0 Å². The molecule has 0 spiro atoms. The van der Waals surface area contributed by atoms with E-state index in [-0.39, 0.29) is 16.6 Å². The van der Waals surface area contributed by atoms with Gasteiger partial charge in [-0.3, -0.25) is 0 Å². The van der Waals surface area contributed by atoms with Gasteiger partial charge in [0, 0.05) is 31.7 Å². The summed E-state index contributed by atoms with van der Waals surface area (Å²) < 4.78 is 32.0. The van der Waals surface area contributed by atoms with Gasteiger partial charge in [-0.15, -0.1) is 0 Å². The van der Waals surface area contributed by atoms with Crippen molar-refractivity contribution in [2.45, 2.75) is 17.9 Å². The van der Waals surface area contributed by atoms with Crippen molar-refractivity contribution >= 4 is 15.7 Å². The summed E-state index contributed by atoms with van der Waals surface area (Å²) in [5.41, 5.74) is 6.08. The van der Waals surface area contributed by atoms with Crippen LogP contribution in [0.3, 0.4) is 0 Å². The smallest absolute Gasteiger partial charge is 0.245 e. The molecule has 1 fully saturated rings. The van der Waals surface area contributed by atoms with Crippen LogP contribution in [0.2, 0.25) is 0 Å². The lowest BCUT2D eigenvalue weighted by molar-refractivity contribution is 0.170. The van der Waals surface area contributed by atoms with Gasteiger partial charge in [-0.25, -0.2) is 8.42 Å². The molecule has 0 radical (unpaired) electrons. The summed E-state index contributed by atoms with van der Waals surface area (Å²) >= 11 is 0. The number of nitrogens with zero attached hydrogens (tertiary/aromatic N) is 2. The lowest BCUT2D eigenvalue weighted by Crippen LogP contribution is -2.52. The molecule has 1 aliphatic heterocycles. The first kappa shape index (κ1) is 15.1. The van der Waals surface area contributed by atoms with Gasteiger partial charge in [0.15, 0.2) is 0 Å². The third-order valence-electron chi connectivity index (χ3n) is 3.57. The van der Waals surface area contributed by atoms with Crippen molar-refractivity contribution in [2.75, 3.05) is 39.5 Å². The van der Waals surface area contributed by atoms with E-state index in [1.165, 1.54) is 23.5 Å². The first-order valence-electron chi connectivity index (χ1n) is 6.50. The number of rotatable bonds is 3. The van der Waals surface area contributed by atoms with Crippen molar-refractivity contribution in [2.24, 2.45) is 0 Å². The number of benzene rings is 1. The van der Waals surface area contributed by atoms with Crippen LogP contribution in [-0.4, -0.2) is 57.5 Å². The summed E-state index contributed by atoms with van der Waals surface area (Å²) in [5.74, 6) is 0.549. The van der Waals surface area contributed by atoms with Crippen molar-refractivity contribution in [3.8, 4) is 5.75 Å². The monoisotopic (exact) mass is 299 g/mol. The van der Waals surface area contributed by atoms with E-state index < -0.39 is 10.0 Å². The maximum absolute atomic E-state index is 12.7. The van der Waals surface area contributed by atoms with Crippen LogP contribution < -0.4 is 10.5 Å². The standard InChI is InChI=1S/C13H21N3O3S/c1-10-9-15(2)6-7-16(10)20(17,18)13-5-4-11(19-3)8-12(13)14/h4-5,8,10H,6-7,9,14H2,1-3H3. The Morgan fingerprint density at radius 1 is 1.35 bits per heavy atom. The van der Waals surface area contributed by atoms with Crippen molar-refractivity contribution in [3.05, 3.63) is 18.2 Å². The van der Waals surface area contributed by atoms with E-state index in [0.717, 1.165) is 13.1 Å². The Bertz CT molecular complexity index is 589. The van der Waals surface area contributed by atoms with Crippen LogP contribution in [0, 0.1) is 0 Å². The Labute approximate surface area is 120 Å². The third-order valence-corrected chi connectivity index (χ3v) is 5.66. The number of nitrogen functional groups attached to an aromatic ring is 1. The minimum atomic E-state index is -3.56. The predicted molar refractivity (Wildman–Crippen MR) is 78.3 cm³/mol. The summed E-state index contributed by atoms with van der Waals surface area (Å²) in [4.78, 5) is 2.27. The van der Waals surface area contributed by atoms with Gasteiger partial charge in [0.2, 0.25) is 10.0 Å². The maximum Gasteiger partial charge on any atom is 0.245 e. The average Bonchev–Trinajstić information content (AvgIpc) is 2.37. The van der Waals surface area contributed by atoms with Crippen molar-refractivity contribution in [1.82, 2.24) is 9.21 Å². The third kappa shape index (κ3) is 2.74. The summed E-state index contributed by atoms with van der Waals surface area (Å²) in [5, 5.41) is 0. The van der Waals surface area contributed by atoms with Gasteiger partial charge in [0.05, 0.1) is 12.8 Å². The number of likely N-dealkylation sites (N-methyl/N-ethyl adjacent to an activating group) is 1. The molecule has 7 heteroatoms. The van der Waals surface area contributed by atoms with Crippen molar-refractivity contribution in [3.63, 3.8) is 0 Å². The van der Waals surface area contributed by atoms with Crippen molar-refractivity contribution in [1.29, 1.82) is 0 Å². The second-order valence-corrected chi connectivity index (χ2v) is 6.99. The number of anilines is 1. The Balaban J connectivity index is 2.35. The summed E-state index contributed by atoms with van der Waals surface area (Å²) in [6.07, 6.45) is 0. The Hall–Kier alpha value is -1.31. The van der Waals surface area contributed by atoms with E-state index in [9.17, 15) is 8.42 Å². The fourth-order valence-corrected chi connectivity index (χ4v) is 4.21. The number of sulfonamides is 1. The maximum atomic E-state index is 12.7. The van der Waals surface area contributed by atoms with E-state index in [0.29, 0.717) is 12.3 Å². The zero-order valence-electron chi connectivity index (χ0n) is 12.0. The fraction of sp³-hybridized carbons (Fsp3) is 0.538. The number of nitrogens with two attached hydrogens (primary N) is 1. The second kappa shape index (κ2) is 5.59. The highest BCUT2D eigenvalue weighted by Crippen LogP contribution is 2.28. The quantitative estimate of drug-likeness (QED) is 0.827. The normalized spacial score (nSPS) is 21.9. The average molecular weight is 299 g/mol. The van der Waals surface area contributed by atoms with Crippen LogP contribution in [-0.2, 0) is 10.0 Å². The highest BCUT2D eigenvalue weighted by atomic mass is 32.2. The van der Waals surface area contributed by atoms with Crippen LogP contribution in [0.5, 0.6) is 5.75 Å². The topological polar surface area (TPSA) is 75.9 Å². The molecule has 1 saturated heterocycles. The Morgan fingerprint density at radius 2 is 2.05 bits per heavy atom. The molecule has 6 nitrogen and oxygen atoms in total. The van der Waals surface area contributed by atoms with Gasteiger partial charge in [-0.05, 0) is 26.1 Å². The summed E-state index contributed by atoms with van der Waals surface area (Å²) in [6.45, 7) is 3.83. The first-order valence-corrected chi connectivity index (χ1v) is 7.94. The van der Waals surface area contributed by atoms with Crippen molar-refractivity contribution < 1.29 is 13.2 Å². The Kier molecular flexibility index (Phi) is 4.22. The minimum absolute atomic E-state index is 0.0692. The zero-order chi connectivity index (χ0) is 14.9. The highest BCUT2D eigenvalue weighted by Gasteiger charge is 2.33. The second-order valence-electron chi connectivity index (χ2n) is 5.13. The van der Waals surface area contributed by atoms with Gasteiger partial charge in [-0.1, -0.05) is 0 Å². The summed E-state index contributed by atoms with van der Waals surface area (Å²) in [6, 6.07) is 4.59. The number of ether oxygens (including phenoxy) is 1. The molecule has 0 aliphatic carbocycles. The molecule has 0 aromatic heterocycles. The van der Waals surface area contributed by atoms with Gasteiger partial charge < -0.3 is 15.4 Å². The molecule has 112 valence electrons. The molecule has 1 aliphatic rings. The van der Waals surface area contributed by atoms with Crippen LogP contribution in [0.1, 0.15) is 6.92 Å². The van der Waals surface area contributed by atoms with E-state index in [2.05, 4.69) is 4.90 Å². The molecule has 2 N–H and O–H groups in total. The molecule has 1 aromatic carbocycles. The predicted octanol–water partition coefficient (Wildman–Crippen LogP) is 0.602. The largest absolute Gasteiger partial charge is 0.497 e. The number of hydrogen-bond donors (Lipinski definition) is 1. The van der Waals surface area contributed by atoms with Gasteiger partial charge in [0.1, 0.15) is 10.6 Å². The van der Waals surface area contributed by atoms with E-state index in [1.54, 1.807) is 6.07 Å².